The van der Waals surface area contributed by atoms with Crippen LogP contribution >= 0.6 is 11.6 Å². The number of carbonyl (C=O) groups is 1. The Morgan fingerprint density at radius 1 is 1.24 bits per heavy atom. The maximum Gasteiger partial charge on any atom is 0.418 e. The molecule has 0 spiro atoms. The van der Waals surface area contributed by atoms with Crippen LogP contribution in [-0.2, 0) is 17.4 Å². The molecule has 0 aliphatic rings. The Kier molecular flexibility index (Phi) is 5.95. The first-order chi connectivity index (χ1) is 11.7. The van der Waals surface area contributed by atoms with E-state index in [4.69, 9.17) is 16.3 Å². The number of ether oxygens (including phenoxy) is 1. The maximum absolute atomic E-state index is 13.1. The molecule has 0 aliphatic heterocycles. The van der Waals surface area contributed by atoms with Crippen molar-refractivity contribution in [1.29, 1.82) is 0 Å². The van der Waals surface area contributed by atoms with Crippen molar-refractivity contribution in [3.05, 3.63) is 58.6 Å². The van der Waals surface area contributed by atoms with Gasteiger partial charge >= 0.3 is 6.18 Å². The molecular formula is C18H17ClF3NO2. The molecule has 7 heteroatoms. The van der Waals surface area contributed by atoms with Crippen LogP contribution in [0.2, 0.25) is 5.02 Å². The van der Waals surface area contributed by atoms with Crippen LogP contribution in [0.3, 0.4) is 0 Å². The minimum absolute atomic E-state index is 0.0634. The average molecular weight is 372 g/mol. The SMILES string of the molecule is CCc1ccccc1O[C@H](C)C(=O)Nc1ccc(Cl)cc1C(F)(F)F. The quantitative estimate of drug-likeness (QED) is 0.771. The molecule has 0 radical (unpaired) electrons. The van der Waals surface area contributed by atoms with E-state index in [9.17, 15) is 18.0 Å². The number of hydrogen-bond donors (Lipinski definition) is 1. The normalized spacial score (nSPS) is 12.6. The zero-order valence-corrected chi connectivity index (χ0v) is 14.4. The monoisotopic (exact) mass is 371 g/mol. The third-order valence-electron chi connectivity index (χ3n) is 3.57. The van der Waals surface area contributed by atoms with Crippen LogP contribution in [0.5, 0.6) is 5.75 Å². The number of alkyl halides is 3. The summed E-state index contributed by atoms with van der Waals surface area (Å²) in [5.41, 5.74) is -0.458. The van der Waals surface area contributed by atoms with Crippen LogP contribution in [0, 0.1) is 0 Å². The number of carbonyl (C=O) groups excluding carboxylic acids is 1. The summed E-state index contributed by atoms with van der Waals surface area (Å²) in [4.78, 5) is 12.2. The van der Waals surface area contributed by atoms with Gasteiger partial charge in [0, 0.05) is 5.02 Å². The summed E-state index contributed by atoms with van der Waals surface area (Å²) in [7, 11) is 0. The van der Waals surface area contributed by atoms with Crippen LogP contribution in [0.25, 0.3) is 0 Å². The van der Waals surface area contributed by atoms with Gasteiger partial charge in [0.05, 0.1) is 11.3 Å². The highest BCUT2D eigenvalue weighted by atomic mass is 35.5. The highest BCUT2D eigenvalue weighted by Gasteiger charge is 2.34. The summed E-state index contributed by atoms with van der Waals surface area (Å²) in [5.74, 6) is -0.154. The second kappa shape index (κ2) is 7.78. The Morgan fingerprint density at radius 3 is 2.56 bits per heavy atom. The molecule has 2 rings (SSSR count). The molecule has 25 heavy (non-hydrogen) atoms. The van der Waals surface area contributed by atoms with Crippen LogP contribution in [0.4, 0.5) is 18.9 Å². The highest BCUT2D eigenvalue weighted by Crippen LogP contribution is 2.36. The predicted molar refractivity (Wildman–Crippen MR) is 91.0 cm³/mol. The molecule has 0 heterocycles. The second-order valence-corrected chi connectivity index (χ2v) is 5.83. The van der Waals surface area contributed by atoms with E-state index < -0.39 is 23.8 Å². The molecule has 2 aromatic carbocycles. The summed E-state index contributed by atoms with van der Waals surface area (Å²) >= 11 is 5.63. The van der Waals surface area contributed by atoms with Gasteiger partial charge in [0.25, 0.3) is 5.91 Å². The number of amides is 1. The Morgan fingerprint density at radius 2 is 1.92 bits per heavy atom. The van der Waals surface area contributed by atoms with E-state index in [2.05, 4.69) is 5.32 Å². The molecule has 1 N–H and O–H groups in total. The molecule has 0 bridgehead atoms. The summed E-state index contributed by atoms with van der Waals surface area (Å²) < 4.78 is 44.9. The van der Waals surface area contributed by atoms with Crippen molar-refractivity contribution in [3.8, 4) is 5.75 Å². The molecule has 134 valence electrons. The smallest absolute Gasteiger partial charge is 0.418 e. The lowest BCUT2D eigenvalue weighted by molar-refractivity contribution is -0.137. The summed E-state index contributed by atoms with van der Waals surface area (Å²) in [5, 5.41) is 2.20. The number of para-hydroxylation sites is 1. The predicted octanol–water partition coefficient (Wildman–Crippen LogP) is 5.33. The first-order valence-electron chi connectivity index (χ1n) is 7.64. The minimum atomic E-state index is -4.63. The number of hydrogen-bond acceptors (Lipinski definition) is 2. The van der Waals surface area contributed by atoms with E-state index in [1.165, 1.54) is 13.0 Å². The van der Waals surface area contributed by atoms with Gasteiger partial charge in [0.1, 0.15) is 5.75 Å². The van der Waals surface area contributed by atoms with Crippen molar-refractivity contribution in [2.45, 2.75) is 32.5 Å². The third kappa shape index (κ3) is 4.89. The number of aryl methyl sites for hydroxylation is 1. The van der Waals surface area contributed by atoms with Crippen molar-refractivity contribution >= 4 is 23.2 Å². The van der Waals surface area contributed by atoms with Crippen molar-refractivity contribution in [3.63, 3.8) is 0 Å². The number of nitrogens with one attached hydrogen (secondary N) is 1. The lowest BCUT2D eigenvalue weighted by Crippen LogP contribution is -2.31. The Labute approximate surface area is 148 Å². The first-order valence-corrected chi connectivity index (χ1v) is 8.02. The zero-order chi connectivity index (χ0) is 18.6. The largest absolute Gasteiger partial charge is 0.481 e. The fourth-order valence-electron chi connectivity index (χ4n) is 2.25. The number of rotatable bonds is 5. The van der Waals surface area contributed by atoms with Gasteiger partial charge in [0.15, 0.2) is 6.10 Å². The van der Waals surface area contributed by atoms with Crippen LogP contribution in [0.15, 0.2) is 42.5 Å². The molecule has 0 aliphatic carbocycles. The van der Waals surface area contributed by atoms with Crippen LogP contribution < -0.4 is 10.1 Å². The molecule has 1 amide bonds. The molecule has 0 fully saturated rings. The third-order valence-corrected chi connectivity index (χ3v) is 3.81. The summed E-state index contributed by atoms with van der Waals surface area (Å²) in [6, 6.07) is 10.4. The summed E-state index contributed by atoms with van der Waals surface area (Å²) in [6.45, 7) is 3.42. The maximum atomic E-state index is 13.1. The van der Waals surface area contributed by atoms with Crippen LogP contribution in [0.1, 0.15) is 25.0 Å². The fraction of sp³-hybridized carbons (Fsp3) is 0.278. The molecule has 0 saturated heterocycles. The highest BCUT2D eigenvalue weighted by molar-refractivity contribution is 6.30. The summed E-state index contributed by atoms with van der Waals surface area (Å²) in [6.07, 6.45) is -4.89. The van der Waals surface area contributed by atoms with Gasteiger partial charge < -0.3 is 10.1 Å². The van der Waals surface area contributed by atoms with E-state index in [0.29, 0.717) is 12.2 Å². The van der Waals surface area contributed by atoms with E-state index in [0.717, 1.165) is 17.7 Å². The standard InChI is InChI=1S/C18H17ClF3NO2/c1-3-12-6-4-5-7-16(12)25-11(2)17(24)23-15-9-8-13(19)10-14(15)18(20,21)22/h4-11H,3H2,1-2H3,(H,23,24)/t11-/m1/s1. The van der Waals surface area contributed by atoms with Gasteiger partial charge in [-0.2, -0.15) is 13.2 Å². The Bertz CT molecular complexity index is 762. The lowest BCUT2D eigenvalue weighted by Gasteiger charge is -2.19. The van der Waals surface area contributed by atoms with Gasteiger partial charge in [-0.1, -0.05) is 36.7 Å². The van der Waals surface area contributed by atoms with E-state index in [1.54, 1.807) is 12.1 Å². The average Bonchev–Trinajstić information content (AvgIpc) is 2.56. The Hall–Kier alpha value is -2.21. The molecule has 2 aromatic rings. The van der Waals surface area contributed by atoms with E-state index >= 15 is 0 Å². The number of benzene rings is 2. The van der Waals surface area contributed by atoms with Crippen LogP contribution in [-0.4, -0.2) is 12.0 Å². The molecule has 1 atom stereocenters. The minimum Gasteiger partial charge on any atom is -0.481 e. The van der Waals surface area contributed by atoms with E-state index in [-0.39, 0.29) is 10.7 Å². The second-order valence-electron chi connectivity index (χ2n) is 5.40. The molecular weight excluding hydrogens is 355 g/mol. The van der Waals surface area contributed by atoms with Crippen molar-refractivity contribution < 1.29 is 22.7 Å². The molecule has 3 nitrogen and oxygen atoms in total. The van der Waals surface area contributed by atoms with Crippen molar-refractivity contribution in [1.82, 2.24) is 0 Å². The van der Waals surface area contributed by atoms with Crippen molar-refractivity contribution in [2.75, 3.05) is 5.32 Å². The first kappa shape index (κ1) is 19.1. The van der Waals surface area contributed by atoms with Crippen molar-refractivity contribution in [2.24, 2.45) is 0 Å². The van der Waals surface area contributed by atoms with Gasteiger partial charge in [-0.3, -0.25) is 4.79 Å². The van der Waals surface area contributed by atoms with Gasteiger partial charge in [-0.05, 0) is 43.2 Å². The lowest BCUT2D eigenvalue weighted by atomic mass is 10.1. The van der Waals surface area contributed by atoms with E-state index in [1.807, 2.05) is 19.1 Å². The fourth-order valence-corrected chi connectivity index (χ4v) is 2.42. The van der Waals surface area contributed by atoms with Gasteiger partial charge in [0.2, 0.25) is 0 Å². The Balaban J connectivity index is 2.17. The topological polar surface area (TPSA) is 38.3 Å². The molecule has 0 aromatic heterocycles. The molecule has 0 saturated carbocycles. The number of anilines is 1. The zero-order valence-electron chi connectivity index (χ0n) is 13.7. The van der Waals surface area contributed by atoms with Gasteiger partial charge in [-0.15, -0.1) is 0 Å². The number of halogens is 4. The molecule has 0 unspecified atom stereocenters. The van der Waals surface area contributed by atoms with Gasteiger partial charge in [-0.25, -0.2) is 0 Å².